The number of nitrogens with one attached hydrogen (secondary N) is 1. The van der Waals surface area contributed by atoms with E-state index in [1.165, 1.54) is 3.57 Å². The van der Waals surface area contributed by atoms with E-state index >= 15 is 0 Å². The molecule has 1 unspecified atom stereocenters. The lowest BCUT2D eigenvalue weighted by Gasteiger charge is -2.16. The van der Waals surface area contributed by atoms with Gasteiger partial charge in [0.15, 0.2) is 0 Å². The molecule has 1 atom stereocenters. The van der Waals surface area contributed by atoms with Crippen LogP contribution in [0.5, 0.6) is 0 Å². The molecule has 0 aliphatic heterocycles. The molecule has 0 radical (unpaired) electrons. The standard InChI is InChI=1S/C16H12BrClINO/c1-20-16(12-8-11(19)3-4-13(12)17)15-7-9-6-10(18)2-5-14(9)21-15/h2-8,16,20H,1H3. The van der Waals surface area contributed by atoms with Crippen molar-refractivity contribution in [2.45, 2.75) is 6.04 Å². The minimum Gasteiger partial charge on any atom is -0.459 e. The molecule has 1 aromatic heterocycles. The van der Waals surface area contributed by atoms with Gasteiger partial charge < -0.3 is 9.73 Å². The van der Waals surface area contributed by atoms with Crippen LogP contribution in [0.1, 0.15) is 17.4 Å². The lowest BCUT2D eigenvalue weighted by Crippen LogP contribution is -2.17. The van der Waals surface area contributed by atoms with Crippen LogP contribution in [0.4, 0.5) is 0 Å². The molecule has 0 fully saturated rings. The molecule has 1 heterocycles. The Morgan fingerprint density at radius 2 is 2.00 bits per heavy atom. The van der Waals surface area contributed by atoms with Gasteiger partial charge in [0.1, 0.15) is 11.3 Å². The van der Waals surface area contributed by atoms with Gasteiger partial charge >= 0.3 is 0 Å². The summed E-state index contributed by atoms with van der Waals surface area (Å²) >= 11 is 12.0. The molecule has 0 saturated carbocycles. The second kappa shape index (κ2) is 6.28. The van der Waals surface area contributed by atoms with Gasteiger partial charge in [-0.1, -0.05) is 27.5 Å². The molecule has 5 heteroatoms. The first kappa shape index (κ1) is 15.3. The van der Waals surface area contributed by atoms with E-state index in [1.54, 1.807) is 0 Å². The Hall–Kier alpha value is -0.560. The first-order valence-corrected chi connectivity index (χ1v) is 8.64. The number of hydrogen-bond acceptors (Lipinski definition) is 2. The molecule has 0 spiro atoms. The van der Waals surface area contributed by atoms with Crippen LogP contribution in [0.3, 0.4) is 0 Å². The highest BCUT2D eigenvalue weighted by Crippen LogP contribution is 2.33. The fourth-order valence-electron chi connectivity index (χ4n) is 2.36. The summed E-state index contributed by atoms with van der Waals surface area (Å²) in [4.78, 5) is 0. The Morgan fingerprint density at radius 1 is 1.19 bits per heavy atom. The van der Waals surface area contributed by atoms with Crippen LogP contribution in [0.15, 0.2) is 51.4 Å². The third-order valence-electron chi connectivity index (χ3n) is 3.34. The molecule has 3 aromatic rings. The van der Waals surface area contributed by atoms with Crippen molar-refractivity contribution in [3.05, 3.63) is 66.9 Å². The summed E-state index contributed by atoms with van der Waals surface area (Å²) in [7, 11) is 1.93. The smallest absolute Gasteiger partial charge is 0.134 e. The zero-order valence-corrected chi connectivity index (χ0v) is 15.7. The second-order valence-electron chi connectivity index (χ2n) is 4.72. The Morgan fingerprint density at radius 3 is 2.76 bits per heavy atom. The zero-order valence-electron chi connectivity index (χ0n) is 11.2. The summed E-state index contributed by atoms with van der Waals surface area (Å²) in [5.74, 6) is 0.873. The lowest BCUT2D eigenvalue weighted by molar-refractivity contribution is 0.490. The van der Waals surface area contributed by atoms with Crippen molar-refractivity contribution in [3.63, 3.8) is 0 Å². The average Bonchev–Trinajstić information content (AvgIpc) is 2.86. The van der Waals surface area contributed by atoms with E-state index in [9.17, 15) is 0 Å². The normalized spacial score (nSPS) is 12.8. The van der Waals surface area contributed by atoms with Gasteiger partial charge in [-0.2, -0.15) is 0 Å². The van der Waals surface area contributed by atoms with Crippen molar-refractivity contribution in [1.82, 2.24) is 5.32 Å². The second-order valence-corrected chi connectivity index (χ2v) is 7.25. The van der Waals surface area contributed by atoms with Crippen molar-refractivity contribution >= 4 is 61.1 Å². The van der Waals surface area contributed by atoms with Crippen LogP contribution in [0, 0.1) is 3.57 Å². The first-order valence-electron chi connectivity index (χ1n) is 6.39. The molecular formula is C16H12BrClINO. The van der Waals surface area contributed by atoms with Gasteiger partial charge in [0.05, 0.1) is 6.04 Å². The van der Waals surface area contributed by atoms with Crippen LogP contribution in [0.2, 0.25) is 5.02 Å². The SMILES string of the molecule is CNC(c1cc2cc(Cl)ccc2o1)c1cc(I)ccc1Br. The van der Waals surface area contributed by atoms with Gasteiger partial charge in [-0.05, 0) is 77.7 Å². The van der Waals surface area contributed by atoms with Gasteiger partial charge in [0.2, 0.25) is 0 Å². The zero-order chi connectivity index (χ0) is 15.0. The third-order valence-corrected chi connectivity index (χ3v) is 4.97. The maximum Gasteiger partial charge on any atom is 0.134 e. The van der Waals surface area contributed by atoms with E-state index in [2.05, 4.69) is 62.0 Å². The summed E-state index contributed by atoms with van der Waals surface area (Å²) < 4.78 is 8.22. The average molecular weight is 477 g/mol. The molecule has 1 N–H and O–H groups in total. The minimum atomic E-state index is -0.0136. The van der Waals surface area contributed by atoms with Crippen LogP contribution >= 0.6 is 50.1 Å². The maximum atomic E-state index is 6.04. The predicted octanol–water partition coefficient (Wildman–Crippen LogP) is 5.76. The predicted molar refractivity (Wildman–Crippen MR) is 99.0 cm³/mol. The molecule has 108 valence electrons. The van der Waals surface area contributed by atoms with Gasteiger partial charge in [0, 0.05) is 18.5 Å². The van der Waals surface area contributed by atoms with Crippen LogP contribution < -0.4 is 5.32 Å². The third kappa shape index (κ3) is 3.13. The molecular weight excluding hydrogens is 464 g/mol. The molecule has 0 saturated heterocycles. The Balaban J connectivity index is 2.11. The first-order chi connectivity index (χ1) is 10.1. The van der Waals surface area contributed by atoms with Crippen molar-refractivity contribution in [2.24, 2.45) is 0 Å². The topological polar surface area (TPSA) is 25.2 Å². The quantitative estimate of drug-likeness (QED) is 0.486. The molecule has 0 bridgehead atoms. The number of hydrogen-bond donors (Lipinski definition) is 1. The van der Waals surface area contributed by atoms with E-state index in [0.29, 0.717) is 5.02 Å². The van der Waals surface area contributed by atoms with E-state index in [-0.39, 0.29) is 6.04 Å². The highest BCUT2D eigenvalue weighted by molar-refractivity contribution is 14.1. The van der Waals surface area contributed by atoms with Crippen molar-refractivity contribution < 1.29 is 4.42 Å². The molecule has 0 amide bonds. The Kier molecular flexibility index (Phi) is 4.59. The van der Waals surface area contributed by atoms with Crippen LogP contribution in [-0.2, 0) is 0 Å². The monoisotopic (exact) mass is 475 g/mol. The van der Waals surface area contributed by atoms with Gasteiger partial charge in [-0.3, -0.25) is 0 Å². The Labute approximate surface area is 150 Å². The number of rotatable bonds is 3. The molecule has 0 aliphatic carbocycles. The van der Waals surface area contributed by atoms with Crippen molar-refractivity contribution in [2.75, 3.05) is 7.05 Å². The maximum absolute atomic E-state index is 6.04. The van der Waals surface area contributed by atoms with E-state index < -0.39 is 0 Å². The molecule has 3 rings (SSSR count). The molecule has 21 heavy (non-hydrogen) atoms. The lowest BCUT2D eigenvalue weighted by atomic mass is 10.0. The van der Waals surface area contributed by atoms with Crippen molar-refractivity contribution in [3.8, 4) is 0 Å². The van der Waals surface area contributed by atoms with Crippen LogP contribution in [0.25, 0.3) is 11.0 Å². The molecule has 0 aliphatic rings. The number of halogens is 3. The highest BCUT2D eigenvalue weighted by atomic mass is 127. The minimum absolute atomic E-state index is 0.0136. The summed E-state index contributed by atoms with van der Waals surface area (Å²) in [6.45, 7) is 0. The van der Waals surface area contributed by atoms with E-state index in [1.807, 2.05) is 31.3 Å². The van der Waals surface area contributed by atoms with E-state index in [0.717, 1.165) is 26.8 Å². The number of fused-ring (bicyclic) bond motifs is 1. The summed E-state index contributed by atoms with van der Waals surface area (Å²) in [6, 6.07) is 14.0. The summed E-state index contributed by atoms with van der Waals surface area (Å²) in [5, 5.41) is 5.05. The fraction of sp³-hybridized carbons (Fsp3) is 0.125. The van der Waals surface area contributed by atoms with Gasteiger partial charge in [-0.15, -0.1) is 0 Å². The number of furan rings is 1. The van der Waals surface area contributed by atoms with Gasteiger partial charge in [-0.25, -0.2) is 0 Å². The largest absolute Gasteiger partial charge is 0.459 e. The summed E-state index contributed by atoms with van der Waals surface area (Å²) in [5.41, 5.74) is 1.99. The molecule has 2 nitrogen and oxygen atoms in total. The fourth-order valence-corrected chi connectivity index (χ4v) is 3.54. The summed E-state index contributed by atoms with van der Waals surface area (Å²) in [6.07, 6.45) is 0. The van der Waals surface area contributed by atoms with Gasteiger partial charge in [0.25, 0.3) is 0 Å². The Bertz CT molecular complexity index is 802. The van der Waals surface area contributed by atoms with Crippen molar-refractivity contribution in [1.29, 1.82) is 0 Å². The highest BCUT2D eigenvalue weighted by Gasteiger charge is 2.19. The number of benzene rings is 2. The molecule has 2 aromatic carbocycles. The van der Waals surface area contributed by atoms with E-state index in [4.69, 9.17) is 16.0 Å². The van der Waals surface area contributed by atoms with Crippen LogP contribution in [-0.4, -0.2) is 7.05 Å².